The molecular weight excluding hydrogens is 248 g/mol. The van der Waals surface area contributed by atoms with E-state index < -0.39 is 0 Å². The lowest BCUT2D eigenvalue weighted by atomic mass is 9.77. The topological polar surface area (TPSA) is 38.7 Å². The minimum Gasteiger partial charge on any atom is -0.388 e. The second kappa shape index (κ2) is 5.29. The predicted molar refractivity (Wildman–Crippen MR) is 70.7 cm³/mol. The van der Waals surface area contributed by atoms with Crippen molar-refractivity contribution < 1.29 is 14.6 Å². The molecular formula is C14H20O3S. The SMILES string of the molecule is OC(c1ccsc1)C1CCOC2(CCOCC2)C1. The van der Waals surface area contributed by atoms with Crippen LogP contribution in [0.2, 0.25) is 0 Å². The summed E-state index contributed by atoms with van der Waals surface area (Å²) in [7, 11) is 0. The van der Waals surface area contributed by atoms with Crippen LogP contribution >= 0.6 is 11.3 Å². The highest BCUT2D eigenvalue weighted by atomic mass is 32.1. The minimum absolute atomic E-state index is 0.0296. The van der Waals surface area contributed by atoms with E-state index in [1.165, 1.54) is 0 Å². The molecule has 1 N–H and O–H groups in total. The highest BCUT2D eigenvalue weighted by Gasteiger charge is 2.41. The Balaban J connectivity index is 1.70. The van der Waals surface area contributed by atoms with Gasteiger partial charge < -0.3 is 14.6 Å². The first-order valence-electron chi connectivity index (χ1n) is 6.71. The fraction of sp³-hybridized carbons (Fsp3) is 0.714. The zero-order valence-electron chi connectivity index (χ0n) is 10.5. The van der Waals surface area contributed by atoms with Gasteiger partial charge in [0, 0.05) is 19.8 Å². The van der Waals surface area contributed by atoms with Crippen LogP contribution in [0.1, 0.15) is 37.4 Å². The number of thiophene rings is 1. The Bertz CT molecular complexity index is 365. The molecule has 18 heavy (non-hydrogen) atoms. The van der Waals surface area contributed by atoms with Gasteiger partial charge >= 0.3 is 0 Å². The second-order valence-electron chi connectivity index (χ2n) is 5.40. The molecule has 2 aliphatic heterocycles. The van der Waals surface area contributed by atoms with Crippen LogP contribution in [0.3, 0.4) is 0 Å². The molecule has 0 aromatic carbocycles. The Morgan fingerprint density at radius 3 is 2.89 bits per heavy atom. The van der Waals surface area contributed by atoms with Gasteiger partial charge in [-0.15, -0.1) is 0 Å². The molecule has 2 saturated heterocycles. The monoisotopic (exact) mass is 268 g/mol. The first-order valence-corrected chi connectivity index (χ1v) is 7.65. The summed E-state index contributed by atoms with van der Waals surface area (Å²) in [6.45, 7) is 2.36. The van der Waals surface area contributed by atoms with Gasteiger partial charge in [0.1, 0.15) is 0 Å². The Kier molecular flexibility index (Phi) is 3.71. The maximum Gasteiger partial charge on any atom is 0.0828 e. The van der Waals surface area contributed by atoms with E-state index in [9.17, 15) is 5.11 Å². The molecule has 3 heterocycles. The Hall–Kier alpha value is -0.420. The Morgan fingerprint density at radius 1 is 1.33 bits per heavy atom. The van der Waals surface area contributed by atoms with Gasteiger partial charge in [0.05, 0.1) is 11.7 Å². The van der Waals surface area contributed by atoms with Crippen molar-refractivity contribution in [3.05, 3.63) is 22.4 Å². The lowest BCUT2D eigenvalue weighted by Crippen LogP contribution is -2.45. The normalized spacial score (nSPS) is 29.3. The van der Waals surface area contributed by atoms with E-state index in [1.807, 2.05) is 11.4 Å². The molecule has 3 nitrogen and oxygen atoms in total. The van der Waals surface area contributed by atoms with Crippen LogP contribution in [-0.2, 0) is 9.47 Å². The first kappa shape index (κ1) is 12.6. The van der Waals surface area contributed by atoms with Crippen LogP contribution < -0.4 is 0 Å². The highest BCUT2D eigenvalue weighted by molar-refractivity contribution is 7.07. The molecule has 0 aliphatic carbocycles. The first-order chi connectivity index (χ1) is 8.79. The fourth-order valence-electron chi connectivity index (χ4n) is 3.14. The molecule has 2 atom stereocenters. The van der Waals surface area contributed by atoms with Crippen molar-refractivity contribution in [3.63, 3.8) is 0 Å². The quantitative estimate of drug-likeness (QED) is 0.896. The summed E-state index contributed by atoms with van der Waals surface area (Å²) in [6, 6.07) is 2.03. The van der Waals surface area contributed by atoms with E-state index in [-0.39, 0.29) is 11.7 Å². The van der Waals surface area contributed by atoms with Crippen molar-refractivity contribution in [3.8, 4) is 0 Å². The van der Waals surface area contributed by atoms with Gasteiger partial charge in [0.15, 0.2) is 0 Å². The van der Waals surface area contributed by atoms with Crippen molar-refractivity contribution in [2.45, 2.75) is 37.4 Å². The van der Waals surface area contributed by atoms with Crippen LogP contribution in [0, 0.1) is 5.92 Å². The lowest BCUT2D eigenvalue weighted by molar-refractivity contribution is -0.159. The molecule has 0 amide bonds. The van der Waals surface area contributed by atoms with E-state index in [4.69, 9.17) is 9.47 Å². The summed E-state index contributed by atoms with van der Waals surface area (Å²) in [5.41, 5.74) is 1.03. The van der Waals surface area contributed by atoms with Crippen molar-refractivity contribution in [2.24, 2.45) is 5.92 Å². The number of aliphatic hydroxyl groups excluding tert-OH is 1. The Labute approximate surface area is 112 Å². The van der Waals surface area contributed by atoms with Crippen LogP contribution in [0.15, 0.2) is 16.8 Å². The number of hydrogen-bond acceptors (Lipinski definition) is 4. The summed E-state index contributed by atoms with van der Waals surface area (Å²) in [5, 5.41) is 14.6. The predicted octanol–water partition coefficient (Wildman–Crippen LogP) is 2.76. The molecule has 1 spiro atoms. The van der Waals surface area contributed by atoms with Crippen molar-refractivity contribution in [2.75, 3.05) is 19.8 Å². The molecule has 0 bridgehead atoms. The van der Waals surface area contributed by atoms with Gasteiger partial charge in [-0.25, -0.2) is 0 Å². The molecule has 2 unspecified atom stereocenters. The van der Waals surface area contributed by atoms with Crippen LogP contribution in [0.4, 0.5) is 0 Å². The Morgan fingerprint density at radius 2 is 2.17 bits per heavy atom. The summed E-state index contributed by atoms with van der Waals surface area (Å²) < 4.78 is 11.4. The number of hydrogen-bond donors (Lipinski definition) is 1. The molecule has 2 fully saturated rings. The molecule has 0 radical (unpaired) electrons. The van der Waals surface area contributed by atoms with E-state index in [0.29, 0.717) is 5.92 Å². The van der Waals surface area contributed by atoms with Gasteiger partial charge in [0.25, 0.3) is 0 Å². The highest BCUT2D eigenvalue weighted by Crippen LogP contribution is 2.41. The number of rotatable bonds is 2. The van der Waals surface area contributed by atoms with Crippen LogP contribution in [0.5, 0.6) is 0 Å². The summed E-state index contributed by atoms with van der Waals surface area (Å²) in [6.07, 6.45) is 3.53. The van der Waals surface area contributed by atoms with E-state index in [1.54, 1.807) is 11.3 Å². The smallest absolute Gasteiger partial charge is 0.0828 e. The molecule has 4 heteroatoms. The van der Waals surface area contributed by atoms with E-state index in [0.717, 1.165) is 51.1 Å². The van der Waals surface area contributed by atoms with Gasteiger partial charge in [-0.2, -0.15) is 11.3 Å². The third kappa shape index (κ3) is 2.48. The third-order valence-corrected chi connectivity index (χ3v) is 4.97. The lowest BCUT2D eigenvalue weighted by Gasteiger charge is -2.44. The van der Waals surface area contributed by atoms with Crippen molar-refractivity contribution >= 4 is 11.3 Å². The van der Waals surface area contributed by atoms with Gasteiger partial charge in [-0.1, -0.05) is 0 Å². The van der Waals surface area contributed by atoms with E-state index >= 15 is 0 Å². The minimum atomic E-state index is -0.333. The van der Waals surface area contributed by atoms with Gasteiger partial charge in [0.2, 0.25) is 0 Å². The number of aliphatic hydroxyl groups is 1. The van der Waals surface area contributed by atoms with Gasteiger partial charge in [-0.05, 0) is 54.0 Å². The number of ether oxygens (including phenoxy) is 2. The maximum absolute atomic E-state index is 10.5. The van der Waals surface area contributed by atoms with Crippen LogP contribution in [-0.4, -0.2) is 30.5 Å². The molecule has 3 rings (SSSR count). The van der Waals surface area contributed by atoms with Crippen molar-refractivity contribution in [1.82, 2.24) is 0 Å². The largest absolute Gasteiger partial charge is 0.388 e. The average Bonchev–Trinajstić information content (AvgIpc) is 2.93. The third-order valence-electron chi connectivity index (χ3n) is 4.27. The molecule has 2 aliphatic rings. The van der Waals surface area contributed by atoms with E-state index in [2.05, 4.69) is 5.38 Å². The zero-order valence-corrected chi connectivity index (χ0v) is 11.3. The summed E-state index contributed by atoms with van der Waals surface area (Å²) >= 11 is 1.65. The maximum atomic E-state index is 10.5. The molecule has 100 valence electrons. The van der Waals surface area contributed by atoms with Crippen LogP contribution in [0.25, 0.3) is 0 Å². The zero-order chi connectivity index (χ0) is 12.4. The fourth-order valence-corrected chi connectivity index (χ4v) is 3.83. The summed E-state index contributed by atoms with van der Waals surface area (Å²) in [5.74, 6) is 0.325. The standard InChI is InChI=1S/C14H20O3S/c15-13(12-2-8-18-10-12)11-1-5-17-14(9-11)3-6-16-7-4-14/h2,8,10-11,13,15H,1,3-7,9H2. The van der Waals surface area contributed by atoms with Crippen molar-refractivity contribution in [1.29, 1.82) is 0 Å². The molecule has 0 saturated carbocycles. The molecule has 1 aromatic rings. The molecule has 1 aromatic heterocycles. The summed E-state index contributed by atoms with van der Waals surface area (Å²) in [4.78, 5) is 0. The second-order valence-corrected chi connectivity index (χ2v) is 6.18. The van der Waals surface area contributed by atoms with Gasteiger partial charge in [-0.3, -0.25) is 0 Å². The average molecular weight is 268 g/mol.